The molecule has 0 aromatic rings. The second-order valence-corrected chi connectivity index (χ2v) is 9.73. The summed E-state index contributed by atoms with van der Waals surface area (Å²) in [6.07, 6.45) is -2.09. The summed E-state index contributed by atoms with van der Waals surface area (Å²) in [5.74, 6) is -0.453. The number of nitrogens with zero attached hydrogens (tertiary/aromatic N) is 1. The Morgan fingerprint density at radius 3 is 2.52 bits per heavy atom. The van der Waals surface area contributed by atoms with Crippen LogP contribution in [-0.2, 0) is 9.84 Å². The molecule has 0 aromatic carbocycles. The molecule has 2 N–H and O–H groups in total. The maximum Gasteiger partial charge on any atom is 0.391 e. The van der Waals surface area contributed by atoms with Crippen LogP contribution in [0.25, 0.3) is 0 Å². The lowest BCUT2D eigenvalue weighted by molar-refractivity contribution is -0.183. The first-order valence-electron chi connectivity index (χ1n) is 8.90. The Kier molecular flexibility index (Phi) is 6.62. The van der Waals surface area contributed by atoms with E-state index < -0.39 is 21.9 Å². The highest BCUT2D eigenvalue weighted by Gasteiger charge is 2.42. The Morgan fingerprint density at radius 2 is 1.96 bits per heavy atom. The third kappa shape index (κ3) is 6.67. The van der Waals surface area contributed by atoms with Crippen LogP contribution < -0.4 is 10.6 Å². The van der Waals surface area contributed by atoms with Gasteiger partial charge in [-0.1, -0.05) is 6.42 Å². The van der Waals surface area contributed by atoms with Gasteiger partial charge in [0.25, 0.3) is 0 Å². The van der Waals surface area contributed by atoms with E-state index in [1.54, 1.807) is 0 Å². The summed E-state index contributed by atoms with van der Waals surface area (Å²) in [5, 5.41) is 6.26. The molecule has 0 spiro atoms. The number of rotatable bonds is 4. The van der Waals surface area contributed by atoms with Crippen LogP contribution in [0.1, 0.15) is 46.0 Å². The Hall–Kier alpha value is -0.990. The van der Waals surface area contributed by atoms with Crippen molar-refractivity contribution in [3.05, 3.63) is 0 Å². The number of alkyl halides is 3. The maximum absolute atomic E-state index is 13.0. The number of halogens is 3. The van der Waals surface area contributed by atoms with E-state index in [2.05, 4.69) is 15.6 Å². The van der Waals surface area contributed by atoms with E-state index in [4.69, 9.17) is 0 Å². The lowest BCUT2D eigenvalue weighted by atomic mass is 9.85. The molecule has 3 unspecified atom stereocenters. The molecule has 2 rings (SSSR count). The van der Waals surface area contributed by atoms with Gasteiger partial charge in [-0.25, -0.2) is 8.42 Å². The van der Waals surface area contributed by atoms with Crippen molar-refractivity contribution in [1.29, 1.82) is 0 Å². The molecule has 1 aliphatic heterocycles. The minimum Gasteiger partial charge on any atom is -0.354 e. The van der Waals surface area contributed by atoms with E-state index >= 15 is 0 Å². The Bertz CT molecular complexity index is 576. The van der Waals surface area contributed by atoms with Gasteiger partial charge in [0.1, 0.15) is 0 Å². The summed E-state index contributed by atoms with van der Waals surface area (Å²) in [6.45, 7) is 4.23. The number of sulfone groups is 1. The number of guanidine groups is 1. The summed E-state index contributed by atoms with van der Waals surface area (Å²) in [6, 6.07) is -0.182. The molecular formula is C16H28F3N3O2S. The third-order valence-corrected chi connectivity index (χ3v) is 6.57. The van der Waals surface area contributed by atoms with Gasteiger partial charge in [0.15, 0.2) is 15.8 Å². The van der Waals surface area contributed by atoms with Crippen molar-refractivity contribution < 1.29 is 21.6 Å². The molecule has 1 saturated heterocycles. The largest absolute Gasteiger partial charge is 0.391 e. The average molecular weight is 383 g/mol. The number of aliphatic imine (C=N–C) groups is 1. The van der Waals surface area contributed by atoms with Gasteiger partial charge in [-0.3, -0.25) is 4.99 Å². The molecule has 0 bridgehead atoms. The van der Waals surface area contributed by atoms with Crippen molar-refractivity contribution >= 4 is 15.8 Å². The van der Waals surface area contributed by atoms with Gasteiger partial charge < -0.3 is 10.6 Å². The van der Waals surface area contributed by atoms with Crippen molar-refractivity contribution in [2.24, 2.45) is 16.8 Å². The van der Waals surface area contributed by atoms with Crippen LogP contribution in [0.15, 0.2) is 4.99 Å². The molecule has 146 valence electrons. The zero-order valence-electron chi connectivity index (χ0n) is 14.8. The lowest BCUT2D eigenvalue weighted by Gasteiger charge is -2.32. The minimum absolute atomic E-state index is 0.00922. The van der Waals surface area contributed by atoms with Crippen molar-refractivity contribution in [1.82, 2.24) is 10.6 Å². The van der Waals surface area contributed by atoms with Crippen molar-refractivity contribution in [2.45, 2.75) is 64.2 Å². The number of nitrogens with one attached hydrogen (secondary N) is 2. The monoisotopic (exact) mass is 383 g/mol. The molecule has 0 radical (unpaired) electrons. The fraction of sp³-hybridized carbons (Fsp3) is 0.938. The van der Waals surface area contributed by atoms with E-state index in [0.717, 1.165) is 0 Å². The summed E-state index contributed by atoms with van der Waals surface area (Å²) < 4.78 is 61.9. The smallest absolute Gasteiger partial charge is 0.354 e. The fourth-order valence-corrected chi connectivity index (χ4v) is 5.30. The topological polar surface area (TPSA) is 70.6 Å². The van der Waals surface area contributed by atoms with E-state index in [-0.39, 0.29) is 42.3 Å². The summed E-state index contributed by atoms with van der Waals surface area (Å²) in [7, 11) is -2.95. The zero-order chi connectivity index (χ0) is 18.7. The second-order valence-electron chi connectivity index (χ2n) is 7.50. The van der Waals surface area contributed by atoms with E-state index in [9.17, 15) is 21.6 Å². The number of hydrogen-bond donors (Lipinski definition) is 2. The molecule has 1 heterocycles. The van der Waals surface area contributed by atoms with E-state index in [1.165, 1.54) is 0 Å². The number of hydrogen-bond acceptors (Lipinski definition) is 3. The van der Waals surface area contributed by atoms with Crippen molar-refractivity contribution in [2.75, 3.05) is 18.1 Å². The summed E-state index contributed by atoms with van der Waals surface area (Å²) in [4.78, 5) is 4.44. The van der Waals surface area contributed by atoms with E-state index in [0.29, 0.717) is 31.8 Å². The lowest BCUT2D eigenvalue weighted by Crippen LogP contribution is -2.48. The van der Waals surface area contributed by atoms with Gasteiger partial charge >= 0.3 is 6.18 Å². The SMILES string of the molecule is CC(C)NC(=NCC1CCS(=O)(=O)C1)NC1CCCC(C(F)(F)F)C1. The van der Waals surface area contributed by atoms with Gasteiger partial charge in [-0.15, -0.1) is 0 Å². The molecule has 1 saturated carbocycles. The van der Waals surface area contributed by atoms with E-state index in [1.807, 2.05) is 13.8 Å². The quantitative estimate of drug-likeness (QED) is 0.578. The van der Waals surface area contributed by atoms with Crippen LogP contribution in [0.5, 0.6) is 0 Å². The minimum atomic E-state index is -4.15. The molecule has 0 aromatic heterocycles. The van der Waals surface area contributed by atoms with Crippen LogP contribution >= 0.6 is 0 Å². The van der Waals surface area contributed by atoms with Crippen molar-refractivity contribution in [3.8, 4) is 0 Å². The first kappa shape index (κ1) is 20.3. The molecule has 1 aliphatic carbocycles. The predicted octanol–water partition coefficient (Wildman–Crippen LogP) is 2.49. The Morgan fingerprint density at radius 1 is 1.24 bits per heavy atom. The zero-order valence-corrected chi connectivity index (χ0v) is 15.6. The molecule has 2 aliphatic rings. The fourth-order valence-electron chi connectivity index (χ4n) is 3.45. The maximum atomic E-state index is 13.0. The molecule has 25 heavy (non-hydrogen) atoms. The van der Waals surface area contributed by atoms with Crippen LogP contribution in [0.2, 0.25) is 0 Å². The molecular weight excluding hydrogens is 355 g/mol. The van der Waals surface area contributed by atoms with Crippen LogP contribution in [0, 0.1) is 11.8 Å². The van der Waals surface area contributed by atoms with Gasteiger partial charge in [0.2, 0.25) is 0 Å². The predicted molar refractivity (Wildman–Crippen MR) is 92.3 cm³/mol. The van der Waals surface area contributed by atoms with Crippen LogP contribution in [0.3, 0.4) is 0 Å². The molecule has 5 nitrogen and oxygen atoms in total. The second kappa shape index (κ2) is 8.14. The molecule has 9 heteroatoms. The Labute approximate surface area is 147 Å². The standard InChI is InChI=1S/C16H28F3N3O2S/c1-11(2)21-15(20-9-12-6-7-25(23,24)10-12)22-14-5-3-4-13(8-14)16(17,18)19/h11-14H,3-10H2,1-2H3,(H2,20,21,22). The summed E-state index contributed by atoms with van der Waals surface area (Å²) >= 11 is 0. The average Bonchev–Trinajstić information content (AvgIpc) is 2.83. The van der Waals surface area contributed by atoms with Crippen molar-refractivity contribution in [3.63, 3.8) is 0 Å². The van der Waals surface area contributed by atoms with Crippen LogP contribution in [0.4, 0.5) is 13.2 Å². The summed E-state index contributed by atoms with van der Waals surface area (Å²) in [5.41, 5.74) is 0. The van der Waals surface area contributed by atoms with Gasteiger partial charge in [-0.05, 0) is 45.4 Å². The Balaban J connectivity index is 1.96. The van der Waals surface area contributed by atoms with Crippen LogP contribution in [-0.4, -0.2) is 50.7 Å². The normalized spacial score (nSPS) is 30.5. The van der Waals surface area contributed by atoms with Gasteiger partial charge in [0.05, 0.1) is 17.4 Å². The highest BCUT2D eigenvalue weighted by Crippen LogP contribution is 2.37. The first-order valence-corrected chi connectivity index (χ1v) is 10.7. The van der Waals surface area contributed by atoms with Gasteiger partial charge in [0, 0.05) is 18.6 Å². The van der Waals surface area contributed by atoms with Gasteiger partial charge in [-0.2, -0.15) is 13.2 Å². The molecule has 0 amide bonds. The molecule has 2 fully saturated rings. The molecule has 3 atom stereocenters. The first-order chi connectivity index (χ1) is 11.5. The third-order valence-electron chi connectivity index (χ3n) is 4.74. The highest BCUT2D eigenvalue weighted by molar-refractivity contribution is 7.91. The highest BCUT2D eigenvalue weighted by atomic mass is 32.2.